The molecule has 2 heterocycles. The lowest BCUT2D eigenvalue weighted by molar-refractivity contribution is -0.169. The van der Waals surface area contributed by atoms with Gasteiger partial charge in [0.1, 0.15) is 17.9 Å². The summed E-state index contributed by atoms with van der Waals surface area (Å²) in [6.07, 6.45) is 1.63. The van der Waals surface area contributed by atoms with E-state index < -0.39 is 46.1 Å². The van der Waals surface area contributed by atoms with Crippen molar-refractivity contribution in [3.8, 4) is 34.0 Å². The molecule has 0 saturated heterocycles. The molecule has 0 aliphatic rings. The first kappa shape index (κ1) is 34.7. The SMILES string of the molecule is CSC(F)C(F)(F)C(N)(C(=O)O)c1c(C(=O)O)cnn1-c1cccc(-c2ccccc2OCc2ccc(-c3ccc(C(=O)O)cc3)cc2)n1. The van der Waals surface area contributed by atoms with Crippen LogP contribution in [-0.2, 0) is 16.9 Å². The zero-order valence-electron chi connectivity index (χ0n) is 25.5. The van der Waals surface area contributed by atoms with Gasteiger partial charge in [-0.05, 0) is 59.3 Å². The molecule has 5 aromatic rings. The number of carboxylic acids is 3. The summed E-state index contributed by atoms with van der Waals surface area (Å²) in [5, 5.41) is 32.6. The molecule has 11 nitrogen and oxygen atoms in total. The molecular formula is C34H27F3N4O7S. The van der Waals surface area contributed by atoms with Gasteiger partial charge in [0.05, 0.1) is 23.1 Å². The fourth-order valence-corrected chi connectivity index (χ4v) is 5.52. The summed E-state index contributed by atoms with van der Waals surface area (Å²) >= 11 is 0.00983. The van der Waals surface area contributed by atoms with E-state index in [0.717, 1.165) is 22.9 Å². The molecule has 0 bridgehead atoms. The quantitative estimate of drug-likeness (QED) is 0.112. The molecule has 15 heteroatoms. The number of pyridine rings is 1. The number of halogens is 3. The molecule has 0 amide bonds. The van der Waals surface area contributed by atoms with Gasteiger partial charge in [-0.25, -0.2) is 28.4 Å². The van der Waals surface area contributed by atoms with Gasteiger partial charge >= 0.3 is 23.8 Å². The standard InChI is InChI=1S/C34H27F3N4O7S/c1-49-31(35)34(36,37)33(38,32(46)47)28-24(30(44)45)17-39-41(28)27-8-4-6-25(40-27)23-5-2-3-7-26(23)48-18-19-9-11-20(12-10-19)21-13-15-22(16-14-21)29(42)43/h2-17,31H,18,38H2,1H3,(H,42,43)(H,44,45)(H,46,47). The molecule has 5 rings (SSSR count). The number of benzene rings is 3. The number of aromatic nitrogens is 3. The normalized spacial score (nSPS) is 13.3. The molecule has 0 saturated carbocycles. The lowest BCUT2D eigenvalue weighted by Crippen LogP contribution is -2.63. The fourth-order valence-electron chi connectivity index (χ4n) is 5.04. The Hall–Kier alpha value is -5.67. The molecule has 2 atom stereocenters. The zero-order chi connectivity index (χ0) is 35.5. The largest absolute Gasteiger partial charge is 0.488 e. The predicted molar refractivity (Wildman–Crippen MR) is 174 cm³/mol. The summed E-state index contributed by atoms with van der Waals surface area (Å²) in [6.45, 7) is 0.128. The van der Waals surface area contributed by atoms with Gasteiger partial charge in [-0.1, -0.05) is 54.6 Å². The number of carboxylic acid groups (broad SMARTS) is 3. The van der Waals surface area contributed by atoms with Crippen molar-refractivity contribution in [3.05, 3.63) is 120 Å². The maximum absolute atomic E-state index is 15.4. The number of carbonyl (C=O) groups is 3. The van der Waals surface area contributed by atoms with Crippen LogP contribution in [0.3, 0.4) is 0 Å². The number of alkyl halides is 3. The van der Waals surface area contributed by atoms with Crippen molar-refractivity contribution in [1.29, 1.82) is 0 Å². The van der Waals surface area contributed by atoms with Gasteiger partial charge < -0.3 is 25.8 Å². The van der Waals surface area contributed by atoms with E-state index in [1.807, 2.05) is 24.3 Å². The Balaban J connectivity index is 1.46. The first-order valence-electron chi connectivity index (χ1n) is 14.3. The van der Waals surface area contributed by atoms with Crippen LogP contribution in [0.5, 0.6) is 5.75 Å². The minimum atomic E-state index is -4.79. The van der Waals surface area contributed by atoms with Crippen molar-refractivity contribution in [2.75, 3.05) is 6.26 Å². The summed E-state index contributed by atoms with van der Waals surface area (Å²) < 4.78 is 52.0. The van der Waals surface area contributed by atoms with Crippen LogP contribution >= 0.6 is 11.8 Å². The second-order valence-electron chi connectivity index (χ2n) is 10.7. The van der Waals surface area contributed by atoms with Crippen LogP contribution in [-0.4, -0.2) is 65.7 Å². The number of aliphatic carboxylic acids is 1. The maximum Gasteiger partial charge on any atom is 0.339 e. The van der Waals surface area contributed by atoms with Crippen LogP contribution in [0.4, 0.5) is 13.2 Å². The van der Waals surface area contributed by atoms with E-state index in [2.05, 4.69) is 10.1 Å². The molecule has 2 unspecified atom stereocenters. The van der Waals surface area contributed by atoms with E-state index in [1.165, 1.54) is 24.3 Å². The smallest absolute Gasteiger partial charge is 0.339 e. The average molecular weight is 693 g/mol. The molecule has 0 aliphatic heterocycles. The van der Waals surface area contributed by atoms with Crippen LogP contribution in [0, 0.1) is 0 Å². The van der Waals surface area contributed by atoms with Crippen LogP contribution in [0.2, 0.25) is 0 Å². The van der Waals surface area contributed by atoms with Gasteiger partial charge in [0.15, 0.2) is 5.82 Å². The summed E-state index contributed by atoms with van der Waals surface area (Å²) in [5.74, 6) is -9.89. The monoisotopic (exact) mass is 692 g/mol. The third-order valence-electron chi connectivity index (χ3n) is 7.66. The molecule has 0 fully saturated rings. The van der Waals surface area contributed by atoms with Crippen LogP contribution in [0.15, 0.2) is 97.2 Å². The molecule has 0 radical (unpaired) electrons. The third kappa shape index (κ3) is 6.58. The number of aromatic carboxylic acids is 2. The second kappa shape index (κ2) is 13.8. The zero-order valence-corrected chi connectivity index (χ0v) is 26.3. The van der Waals surface area contributed by atoms with E-state index in [0.29, 0.717) is 22.2 Å². The molecule has 49 heavy (non-hydrogen) atoms. The van der Waals surface area contributed by atoms with Crippen molar-refractivity contribution < 1.29 is 47.6 Å². The first-order valence-corrected chi connectivity index (χ1v) is 15.6. The van der Waals surface area contributed by atoms with E-state index in [9.17, 15) is 29.0 Å². The van der Waals surface area contributed by atoms with Gasteiger partial charge in [0.25, 0.3) is 0 Å². The van der Waals surface area contributed by atoms with Gasteiger partial charge in [-0.2, -0.15) is 13.9 Å². The molecule has 5 N–H and O–H groups in total. The maximum atomic E-state index is 15.4. The number of ether oxygens (including phenoxy) is 1. The van der Waals surface area contributed by atoms with E-state index in [1.54, 1.807) is 42.5 Å². The number of para-hydroxylation sites is 1. The number of thioether (sulfide) groups is 1. The van der Waals surface area contributed by atoms with Crippen LogP contribution in [0.1, 0.15) is 32.0 Å². The minimum Gasteiger partial charge on any atom is -0.488 e. The molecule has 3 aromatic carbocycles. The van der Waals surface area contributed by atoms with Gasteiger partial charge in [0.2, 0.25) is 11.0 Å². The predicted octanol–water partition coefficient (Wildman–Crippen LogP) is 6.11. The van der Waals surface area contributed by atoms with Crippen LogP contribution in [0.25, 0.3) is 28.2 Å². The molecule has 2 aromatic heterocycles. The number of hydrogen-bond donors (Lipinski definition) is 4. The fraction of sp³-hybridized carbons (Fsp3) is 0.147. The number of nitrogens with zero attached hydrogens (tertiary/aromatic N) is 3. The minimum absolute atomic E-state index is 0.00983. The lowest BCUT2D eigenvalue weighted by atomic mass is 9.86. The number of nitrogens with two attached hydrogens (primary N) is 1. The van der Waals surface area contributed by atoms with Gasteiger partial charge in [0, 0.05) is 5.56 Å². The van der Waals surface area contributed by atoms with Crippen LogP contribution < -0.4 is 10.5 Å². The molecule has 0 spiro atoms. The Labute approximate surface area is 280 Å². The summed E-state index contributed by atoms with van der Waals surface area (Å²) in [6, 6.07) is 24.9. The highest BCUT2D eigenvalue weighted by atomic mass is 32.2. The Morgan fingerprint density at radius 3 is 2.12 bits per heavy atom. The van der Waals surface area contributed by atoms with Crippen molar-refractivity contribution >= 4 is 29.7 Å². The first-order chi connectivity index (χ1) is 23.3. The van der Waals surface area contributed by atoms with Crippen molar-refractivity contribution in [3.63, 3.8) is 0 Å². The summed E-state index contributed by atoms with van der Waals surface area (Å²) in [7, 11) is 0. The van der Waals surface area contributed by atoms with Crippen molar-refractivity contribution in [2.45, 2.75) is 23.6 Å². The molecular weight excluding hydrogens is 665 g/mol. The Morgan fingerprint density at radius 2 is 1.53 bits per heavy atom. The number of rotatable bonds is 13. The molecule has 0 aliphatic carbocycles. The highest BCUT2D eigenvalue weighted by Crippen LogP contribution is 2.44. The Morgan fingerprint density at radius 1 is 0.898 bits per heavy atom. The van der Waals surface area contributed by atoms with E-state index in [4.69, 9.17) is 15.6 Å². The Kier molecular flexibility index (Phi) is 9.78. The molecule has 252 valence electrons. The van der Waals surface area contributed by atoms with Crippen molar-refractivity contribution in [2.24, 2.45) is 5.73 Å². The second-order valence-corrected chi connectivity index (χ2v) is 11.5. The average Bonchev–Trinajstić information content (AvgIpc) is 3.56. The lowest BCUT2D eigenvalue weighted by Gasteiger charge is -2.35. The topological polar surface area (TPSA) is 178 Å². The van der Waals surface area contributed by atoms with E-state index in [-0.39, 0.29) is 35.4 Å². The third-order valence-corrected chi connectivity index (χ3v) is 8.37. The van der Waals surface area contributed by atoms with Crippen molar-refractivity contribution in [1.82, 2.24) is 14.8 Å². The van der Waals surface area contributed by atoms with Gasteiger partial charge in [-0.3, -0.25) is 0 Å². The van der Waals surface area contributed by atoms with Gasteiger partial charge in [-0.15, -0.1) is 11.8 Å². The van der Waals surface area contributed by atoms with E-state index >= 15 is 8.78 Å². The Bertz CT molecular complexity index is 2020. The summed E-state index contributed by atoms with van der Waals surface area (Å²) in [5.41, 5.74) is -0.00995. The highest BCUT2D eigenvalue weighted by Gasteiger charge is 2.66. The summed E-state index contributed by atoms with van der Waals surface area (Å²) in [4.78, 5) is 39.9. The highest BCUT2D eigenvalue weighted by molar-refractivity contribution is 7.99. The number of hydrogen-bond acceptors (Lipinski definition) is 8.